The Bertz CT molecular complexity index is 986. The van der Waals surface area contributed by atoms with Crippen LogP contribution >= 0.6 is 0 Å². The van der Waals surface area contributed by atoms with E-state index in [0.29, 0.717) is 11.5 Å². The van der Waals surface area contributed by atoms with Crippen molar-refractivity contribution < 1.29 is 0 Å². The second-order valence-corrected chi connectivity index (χ2v) is 7.39. The molecule has 7 heteroatoms. The third kappa shape index (κ3) is 5.58. The normalized spacial score (nSPS) is 11.7. The molecule has 156 valence electrons. The van der Waals surface area contributed by atoms with E-state index in [1.165, 1.54) is 5.56 Å². The van der Waals surface area contributed by atoms with E-state index in [0.717, 1.165) is 48.7 Å². The Morgan fingerprint density at radius 2 is 1.93 bits per heavy atom. The summed E-state index contributed by atoms with van der Waals surface area (Å²) in [6.07, 6.45) is 6.69. The molecule has 2 heterocycles. The lowest BCUT2D eigenvalue weighted by Crippen LogP contribution is -2.23. The van der Waals surface area contributed by atoms with E-state index in [9.17, 15) is 0 Å². The number of aryl methyl sites for hydroxylation is 1. The van der Waals surface area contributed by atoms with E-state index in [1.807, 2.05) is 57.0 Å². The largest absolute Gasteiger partial charge is 0.382 e. The first kappa shape index (κ1) is 21.3. The summed E-state index contributed by atoms with van der Waals surface area (Å²) in [6.45, 7) is 4.89. The molecule has 1 aromatic carbocycles. The van der Waals surface area contributed by atoms with Gasteiger partial charge in [0, 0.05) is 50.7 Å². The van der Waals surface area contributed by atoms with Crippen LogP contribution in [0.2, 0.25) is 0 Å². The van der Waals surface area contributed by atoms with Gasteiger partial charge in [0.15, 0.2) is 0 Å². The number of nitrogens with one attached hydrogen (secondary N) is 3. The number of benzene rings is 1. The Morgan fingerprint density at radius 1 is 1.13 bits per heavy atom. The highest BCUT2D eigenvalue weighted by Gasteiger charge is 2.08. The zero-order valence-corrected chi connectivity index (χ0v) is 17.8. The molecule has 0 spiro atoms. The standard InChI is InChI=1S/C23H29N7/c1-17(19-7-5-18(12-24)6-8-19)13-26-9-4-10-27-22-11-20(14-28-23(22)25-2)21-15-29-30(3)16-21/h5-8,11,14-17,26-27H,4,9-10,13H2,1-3H3,(H,25,28). The van der Waals surface area contributed by atoms with Crippen molar-refractivity contribution >= 4 is 11.5 Å². The second-order valence-electron chi connectivity index (χ2n) is 7.39. The summed E-state index contributed by atoms with van der Waals surface area (Å²) in [5, 5.41) is 23.3. The molecule has 0 aliphatic heterocycles. The Morgan fingerprint density at radius 3 is 2.60 bits per heavy atom. The fraction of sp³-hybridized carbons (Fsp3) is 0.348. The fourth-order valence-electron chi connectivity index (χ4n) is 3.29. The van der Waals surface area contributed by atoms with E-state index in [4.69, 9.17) is 5.26 Å². The minimum absolute atomic E-state index is 0.405. The second kappa shape index (κ2) is 10.4. The van der Waals surface area contributed by atoms with Gasteiger partial charge >= 0.3 is 0 Å². The summed E-state index contributed by atoms with van der Waals surface area (Å²) in [5.74, 6) is 1.24. The molecule has 7 nitrogen and oxygen atoms in total. The van der Waals surface area contributed by atoms with Crippen molar-refractivity contribution in [2.75, 3.05) is 37.3 Å². The van der Waals surface area contributed by atoms with Crippen LogP contribution in [-0.4, -0.2) is 41.4 Å². The first-order valence-electron chi connectivity index (χ1n) is 10.2. The van der Waals surface area contributed by atoms with E-state index >= 15 is 0 Å². The third-order valence-corrected chi connectivity index (χ3v) is 5.07. The van der Waals surface area contributed by atoms with Gasteiger partial charge in [-0.1, -0.05) is 19.1 Å². The molecule has 30 heavy (non-hydrogen) atoms. The quantitative estimate of drug-likeness (QED) is 0.448. The topological polar surface area (TPSA) is 90.6 Å². The van der Waals surface area contributed by atoms with Gasteiger partial charge in [0.05, 0.1) is 23.5 Å². The Kier molecular flexibility index (Phi) is 7.41. The highest BCUT2D eigenvalue weighted by Crippen LogP contribution is 2.26. The van der Waals surface area contributed by atoms with E-state index in [-0.39, 0.29) is 0 Å². The molecular formula is C23H29N7. The molecule has 0 saturated carbocycles. The molecule has 3 N–H and O–H groups in total. The molecule has 0 bridgehead atoms. The van der Waals surface area contributed by atoms with Gasteiger partial charge in [0.1, 0.15) is 5.82 Å². The Hall–Kier alpha value is -3.37. The van der Waals surface area contributed by atoms with Crippen LogP contribution in [-0.2, 0) is 7.05 Å². The van der Waals surface area contributed by atoms with Crippen LogP contribution in [0.25, 0.3) is 11.1 Å². The molecule has 1 atom stereocenters. The monoisotopic (exact) mass is 403 g/mol. The summed E-state index contributed by atoms with van der Waals surface area (Å²) in [5.41, 5.74) is 5.03. The summed E-state index contributed by atoms with van der Waals surface area (Å²) < 4.78 is 1.79. The van der Waals surface area contributed by atoms with Crippen molar-refractivity contribution in [3.05, 3.63) is 60.0 Å². The maximum atomic E-state index is 8.90. The number of pyridine rings is 1. The van der Waals surface area contributed by atoms with Gasteiger partial charge in [-0.25, -0.2) is 4.98 Å². The van der Waals surface area contributed by atoms with Crippen LogP contribution in [0.4, 0.5) is 11.5 Å². The zero-order valence-electron chi connectivity index (χ0n) is 17.8. The average Bonchev–Trinajstić information content (AvgIpc) is 3.22. The minimum atomic E-state index is 0.405. The van der Waals surface area contributed by atoms with Crippen LogP contribution < -0.4 is 16.0 Å². The summed E-state index contributed by atoms with van der Waals surface area (Å²) in [6, 6.07) is 12.1. The van der Waals surface area contributed by atoms with Gasteiger partial charge in [-0.05, 0) is 42.6 Å². The number of rotatable bonds is 10. The van der Waals surface area contributed by atoms with Crippen LogP contribution in [0.1, 0.15) is 30.4 Å². The van der Waals surface area contributed by atoms with Crippen molar-refractivity contribution in [2.45, 2.75) is 19.3 Å². The first-order chi connectivity index (χ1) is 14.6. The summed E-state index contributed by atoms with van der Waals surface area (Å²) >= 11 is 0. The van der Waals surface area contributed by atoms with E-state index in [1.54, 1.807) is 4.68 Å². The van der Waals surface area contributed by atoms with Gasteiger partial charge in [0.2, 0.25) is 0 Å². The van der Waals surface area contributed by atoms with Crippen LogP contribution in [0, 0.1) is 11.3 Å². The predicted molar refractivity (Wildman–Crippen MR) is 122 cm³/mol. The van der Waals surface area contributed by atoms with Gasteiger partial charge in [-0.15, -0.1) is 0 Å². The van der Waals surface area contributed by atoms with Gasteiger partial charge in [-0.2, -0.15) is 10.4 Å². The van der Waals surface area contributed by atoms with Gasteiger partial charge < -0.3 is 16.0 Å². The Labute approximate surface area is 178 Å². The van der Waals surface area contributed by atoms with E-state index < -0.39 is 0 Å². The molecule has 0 fully saturated rings. The zero-order chi connectivity index (χ0) is 21.3. The molecule has 0 radical (unpaired) electrons. The fourth-order valence-corrected chi connectivity index (χ4v) is 3.29. The number of anilines is 2. The van der Waals surface area contributed by atoms with Crippen LogP contribution in [0.15, 0.2) is 48.9 Å². The first-order valence-corrected chi connectivity index (χ1v) is 10.2. The molecule has 0 saturated heterocycles. The highest BCUT2D eigenvalue weighted by atomic mass is 15.2. The number of aromatic nitrogens is 3. The summed E-state index contributed by atoms with van der Waals surface area (Å²) in [7, 11) is 3.79. The molecule has 3 aromatic rings. The van der Waals surface area contributed by atoms with Gasteiger partial charge in [-0.3, -0.25) is 4.68 Å². The van der Waals surface area contributed by atoms with E-state index in [2.05, 4.69) is 45.1 Å². The SMILES string of the molecule is CNc1ncc(-c2cnn(C)c2)cc1NCCCNCC(C)c1ccc(C#N)cc1. The van der Waals surface area contributed by atoms with Crippen molar-refractivity contribution in [1.82, 2.24) is 20.1 Å². The third-order valence-electron chi connectivity index (χ3n) is 5.07. The maximum Gasteiger partial charge on any atom is 0.149 e. The molecule has 0 amide bonds. The lowest BCUT2D eigenvalue weighted by molar-refractivity contribution is 0.603. The smallest absolute Gasteiger partial charge is 0.149 e. The van der Waals surface area contributed by atoms with Crippen molar-refractivity contribution in [2.24, 2.45) is 7.05 Å². The Balaban J connectivity index is 1.45. The lowest BCUT2D eigenvalue weighted by Gasteiger charge is -2.14. The number of nitriles is 1. The van der Waals surface area contributed by atoms with Crippen molar-refractivity contribution in [1.29, 1.82) is 5.26 Å². The van der Waals surface area contributed by atoms with Crippen LogP contribution in [0.3, 0.4) is 0 Å². The highest BCUT2D eigenvalue weighted by molar-refractivity contribution is 5.73. The predicted octanol–water partition coefficient (Wildman–Crippen LogP) is 3.59. The molecule has 0 aliphatic carbocycles. The number of hydrogen-bond acceptors (Lipinski definition) is 6. The summed E-state index contributed by atoms with van der Waals surface area (Å²) in [4.78, 5) is 4.52. The number of nitrogens with zero attached hydrogens (tertiary/aromatic N) is 4. The van der Waals surface area contributed by atoms with Crippen LogP contribution in [0.5, 0.6) is 0 Å². The minimum Gasteiger partial charge on any atom is -0.382 e. The molecule has 1 unspecified atom stereocenters. The average molecular weight is 404 g/mol. The lowest BCUT2D eigenvalue weighted by atomic mass is 10.00. The van der Waals surface area contributed by atoms with Gasteiger partial charge in [0.25, 0.3) is 0 Å². The molecule has 0 aliphatic rings. The molecule has 3 rings (SSSR count). The molecule has 2 aromatic heterocycles. The molecular weight excluding hydrogens is 374 g/mol. The maximum absolute atomic E-state index is 8.90. The number of hydrogen-bond donors (Lipinski definition) is 3. The van der Waals surface area contributed by atoms with Crippen molar-refractivity contribution in [3.8, 4) is 17.2 Å². The van der Waals surface area contributed by atoms with Crippen molar-refractivity contribution in [3.63, 3.8) is 0 Å².